The summed E-state index contributed by atoms with van der Waals surface area (Å²) in [6, 6.07) is 3.28. The van der Waals surface area contributed by atoms with Gasteiger partial charge in [0.2, 0.25) is 0 Å². The van der Waals surface area contributed by atoms with Crippen molar-refractivity contribution in [3.8, 4) is 6.07 Å². The molecule has 0 amide bonds. The van der Waals surface area contributed by atoms with Crippen LogP contribution in [0.3, 0.4) is 0 Å². The zero-order valence-corrected chi connectivity index (χ0v) is 11.6. The fraction of sp³-hybridized carbons (Fsp3) is 0.857. The molecule has 106 valence electrons. The van der Waals surface area contributed by atoms with Crippen LogP contribution in [-0.4, -0.2) is 49.2 Å². The Morgan fingerprint density at radius 3 is 2.84 bits per heavy atom. The number of piperidine rings is 1. The van der Waals surface area contributed by atoms with Crippen LogP contribution < -0.4 is 5.32 Å². The summed E-state index contributed by atoms with van der Waals surface area (Å²) < 4.78 is 5.03. The van der Waals surface area contributed by atoms with Crippen LogP contribution in [0.2, 0.25) is 0 Å². The number of likely N-dealkylation sites (tertiary alicyclic amines) is 1. The molecule has 0 aromatic heterocycles. The summed E-state index contributed by atoms with van der Waals surface area (Å²) in [6.45, 7) is 4.47. The molecule has 1 heterocycles. The Labute approximate surface area is 114 Å². The number of rotatable bonds is 6. The number of hydrogen-bond donors (Lipinski definition) is 1. The Kier molecular flexibility index (Phi) is 5.17. The third-order valence-electron chi connectivity index (χ3n) is 3.72. The Balaban J connectivity index is 1.85. The Morgan fingerprint density at radius 1 is 1.42 bits per heavy atom. The number of nitrogens with zero attached hydrogens (tertiary/aromatic N) is 2. The molecule has 1 saturated carbocycles. The third kappa shape index (κ3) is 4.81. The number of nitriles is 1. The van der Waals surface area contributed by atoms with E-state index in [4.69, 9.17) is 10.00 Å². The molecule has 2 rings (SSSR count). The maximum Gasteiger partial charge on any atom is 0.306 e. The van der Waals surface area contributed by atoms with Crippen molar-refractivity contribution in [3.05, 3.63) is 0 Å². The summed E-state index contributed by atoms with van der Waals surface area (Å²) >= 11 is 0. The second kappa shape index (κ2) is 6.88. The van der Waals surface area contributed by atoms with Crippen LogP contribution in [0.25, 0.3) is 0 Å². The van der Waals surface area contributed by atoms with Gasteiger partial charge >= 0.3 is 5.97 Å². The van der Waals surface area contributed by atoms with Crippen molar-refractivity contribution >= 4 is 5.97 Å². The maximum atomic E-state index is 11.6. The van der Waals surface area contributed by atoms with Gasteiger partial charge in [-0.1, -0.05) is 0 Å². The van der Waals surface area contributed by atoms with Crippen molar-refractivity contribution in [3.63, 3.8) is 0 Å². The lowest BCUT2D eigenvalue weighted by molar-refractivity contribution is -0.144. The van der Waals surface area contributed by atoms with Gasteiger partial charge in [-0.2, -0.15) is 5.26 Å². The first-order valence-corrected chi connectivity index (χ1v) is 7.22. The average Bonchev–Trinajstić information content (AvgIpc) is 3.13. The van der Waals surface area contributed by atoms with Gasteiger partial charge < -0.3 is 10.1 Å². The van der Waals surface area contributed by atoms with E-state index in [-0.39, 0.29) is 5.97 Å². The van der Waals surface area contributed by atoms with Gasteiger partial charge in [-0.3, -0.25) is 9.69 Å². The molecule has 2 fully saturated rings. The minimum Gasteiger partial charge on any atom is -0.466 e. The second-order valence-electron chi connectivity index (χ2n) is 5.60. The molecule has 5 nitrogen and oxygen atoms in total. The number of ether oxygens (including phenoxy) is 1. The van der Waals surface area contributed by atoms with Gasteiger partial charge in [0, 0.05) is 31.6 Å². The first kappa shape index (κ1) is 14.3. The van der Waals surface area contributed by atoms with Crippen LogP contribution in [-0.2, 0) is 9.53 Å². The lowest BCUT2D eigenvalue weighted by Gasteiger charge is -2.36. The third-order valence-corrected chi connectivity index (χ3v) is 3.72. The average molecular weight is 265 g/mol. The first-order valence-electron chi connectivity index (χ1n) is 7.22. The molecule has 0 aromatic carbocycles. The lowest BCUT2D eigenvalue weighted by atomic mass is 9.91. The summed E-state index contributed by atoms with van der Waals surface area (Å²) in [7, 11) is 0. The maximum absolute atomic E-state index is 11.6. The van der Waals surface area contributed by atoms with Crippen molar-refractivity contribution in [1.29, 1.82) is 5.26 Å². The summed E-state index contributed by atoms with van der Waals surface area (Å²) in [5.41, 5.74) is 0. The summed E-state index contributed by atoms with van der Waals surface area (Å²) in [6.07, 6.45) is 4.00. The molecule has 5 heteroatoms. The molecular formula is C14H23N3O2. The Hall–Kier alpha value is -1.12. The van der Waals surface area contributed by atoms with Gasteiger partial charge in [0.1, 0.15) is 0 Å². The van der Waals surface area contributed by atoms with E-state index in [1.54, 1.807) is 0 Å². The van der Waals surface area contributed by atoms with E-state index >= 15 is 0 Å². The van der Waals surface area contributed by atoms with E-state index in [2.05, 4.69) is 16.3 Å². The largest absolute Gasteiger partial charge is 0.466 e. The predicted molar refractivity (Wildman–Crippen MR) is 71.4 cm³/mol. The van der Waals surface area contributed by atoms with Gasteiger partial charge in [0.15, 0.2) is 0 Å². The Bertz CT molecular complexity index is 349. The fourth-order valence-corrected chi connectivity index (χ4v) is 2.84. The fourth-order valence-electron chi connectivity index (χ4n) is 2.84. The zero-order valence-electron chi connectivity index (χ0n) is 11.6. The van der Waals surface area contributed by atoms with Crippen molar-refractivity contribution in [2.45, 2.75) is 44.7 Å². The molecule has 19 heavy (non-hydrogen) atoms. The quantitative estimate of drug-likeness (QED) is 0.571. The SMILES string of the molecule is CCOC(=O)CC1CC(NC2CC2)CN(CC#N)C1. The predicted octanol–water partition coefficient (Wildman–Crippen LogP) is 0.906. The van der Waals surface area contributed by atoms with Crippen LogP contribution in [0.1, 0.15) is 32.6 Å². The van der Waals surface area contributed by atoms with Crippen LogP contribution in [0, 0.1) is 17.2 Å². The van der Waals surface area contributed by atoms with Crippen molar-refractivity contribution in [1.82, 2.24) is 10.2 Å². The number of hydrogen-bond acceptors (Lipinski definition) is 5. The molecule has 2 atom stereocenters. The number of carbonyl (C=O) groups is 1. The number of nitrogens with one attached hydrogen (secondary N) is 1. The first-order chi connectivity index (χ1) is 9.21. The van der Waals surface area contributed by atoms with Crippen molar-refractivity contribution < 1.29 is 9.53 Å². The number of esters is 1. The monoisotopic (exact) mass is 265 g/mol. The van der Waals surface area contributed by atoms with Gasteiger partial charge in [0.25, 0.3) is 0 Å². The van der Waals surface area contributed by atoms with Crippen molar-refractivity contribution in [2.75, 3.05) is 26.2 Å². The second-order valence-corrected chi connectivity index (χ2v) is 5.60. The highest BCUT2D eigenvalue weighted by molar-refractivity contribution is 5.69. The lowest BCUT2D eigenvalue weighted by Crippen LogP contribution is -2.50. The van der Waals surface area contributed by atoms with E-state index in [9.17, 15) is 4.79 Å². The van der Waals surface area contributed by atoms with E-state index in [0.29, 0.717) is 37.6 Å². The molecule has 0 spiro atoms. The molecule has 1 N–H and O–H groups in total. The van der Waals surface area contributed by atoms with E-state index in [1.807, 2.05) is 6.92 Å². The molecule has 1 aliphatic heterocycles. The van der Waals surface area contributed by atoms with Gasteiger partial charge in [0.05, 0.1) is 19.2 Å². The minimum atomic E-state index is -0.114. The molecule has 0 radical (unpaired) electrons. The smallest absolute Gasteiger partial charge is 0.306 e. The van der Waals surface area contributed by atoms with Gasteiger partial charge in [-0.15, -0.1) is 0 Å². The van der Waals surface area contributed by atoms with Crippen LogP contribution in [0.15, 0.2) is 0 Å². The van der Waals surface area contributed by atoms with E-state index in [0.717, 1.165) is 19.5 Å². The molecule has 2 unspecified atom stereocenters. The molecule has 1 aliphatic carbocycles. The number of carbonyl (C=O) groups excluding carboxylic acids is 1. The summed E-state index contributed by atoms with van der Waals surface area (Å²) in [4.78, 5) is 13.7. The standard InChI is InChI=1S/C14H23N3O2/c1-2-19-14(18)8-11-7-13(16-12-3-4-12)10-17(9-11)6-5-15/h11-13,16H,2-4,6-10H2,1H3. The Morgan fingerprint density at radius 2 is 2.21 bits per heavy atom. The molecule has 0 bridgehead atoms. The highest BCUT2D eigenvalue weighted by Crippen LogP contribution is 2.25. The van der Waals surface area contributed by atoms with Crippen LogP contribution in [0.4, 0.5) is 0 Å². The summed E-state index contributed by atoms with van der Waals surface area (Å²) in [5.74, 6) is 0.189. The minimum absolute atomic E-state index is 0.114. The molecule has 1 saturated heterocycles. The highest BCUT2D eigenvalue weighted by Gasteiger charge is 2.32. The normalized spacial score (nSPS) is 27.8. The van der Waals surface area contributed by atoms with Crippen LogP contribution in [0.5, 0.6) is 0 Å². The van der Waals surface area contributed by atoms with E-state index in [1.165, 1.54) is 12.8 Å². The topological polar surface area (TPSA) is 65.4 Å². The zero-order chi connectivity index (χ0) is 13.7. The van der Waals surface area contributed by atoms with Gasteiger partial charge in [-0.25, -0.2) is 0 Å². The van der Waals surface area contributed by atoms with Crippen LogP contribution >= 0.6 is 0 Å². The molecule has 0 aromatic rings. The molecule has 2 aliphatic rings. The van der Waals surface area contributed by atoms with E-state index < -0.39 is 0 Å². The summed E-state index contributed by atoms with van der Waals surface area (Å²) in [5, 5.41) is 12.5. The highest BCUT2D eigenvalue weighted by atomic mass is 16.5. The molecular weight excluding hydrogens is 242 g/mol. The van der Waals surface area contributed by atoms with Crippen molar-refractivity contribution in [2.24, 2.45) is 5.92 Å². The van der Waals surface area contributed by atoms with Gasteiger partial charge in [-0.05, 0) is 32.1 Å².